The van der Waals surface area contributed by atoms with Crippen LogP contribution in [0.2, 0.25) is 0 Å². The highest BCUT2D eigenvalue weighted by Gasteiger charge is 1.96. The van der Waals surface area contributed by atoms with Gasteiger partial charge in [-0.25, -0.2) is 0 Å². The van der Waals surface area contributed by atoms with Gasteiger partial charge in [-0.2, -0.15) is 0 Å². The Balaban J connectivity index is 2.98. The van der Waals surface area contributed by atoms with Crippen molar-refractivity contribution in [3.8, 4) is 0 Å². The van der Waals surface area contributed by atoms with Crippen molar-refractivity contribution < 1.29 is 14.6 Å². The summed E-state index contributed by atoms with van der Waals surface area (Å²) in [5.41, 5.74) is 0. The monoisotopic (exact) mass is 117 g/mol. The number of aliphatic hydroxyl groups excluding tert-OH is 1. The van der Waals surface area contributed by atoms with Crippen molar-refractivity contribution >= 4 is 6.29 Å². The van der Waals surface area contributed by atoms with Crippen LogP contribution in [0.5, 0.6) is 0 Å². The maximum Gasteiger partial charge on any atom is 0.229 e. The summed E-state index contributed by atoms with van der Waals surface area (Å²) in [6, 6.07) is 0. The van der Waals surface area contributed by atoms with Gasteiger partial charge in [0.25, 0.3) is 0 Å². The van der Waals surface area contributed by atoms with Crippen LogP contribution in [0.3, 0.4) is 0 Å². The molecular formula is C5H9O3. The number of hydrogen-bond acceptors (Lipinski definition) is 3. The predicted octanol–water partition coefficient (Wildman–Crippen LogP) is -0.506. The summed E-state index contributed by atoms with van der Waals surface area (Å²) >= 11 is 0. The second-order valence-electron chi connectivity index (χ2n) is 1.35. The SMILES string of the molecule is CC([C]=O)OCCO. The number of carbonyl (C=O) groups excluding carboxylic acids is 1. The van der Waals surface area contributed by atoms with Crippen LogP contribution >= 0.6 is 0 Å². The summed E-state index contributed by atoms with van der Waals surface area (Å²) in [5.74, 6) is 0. The molecule has 47 valence electrons. The molecule has 0 aromatic carbocycles. The molecule has 0 aliphatic heterocycles. The maximum atomic E-state index is 9.68. The summed E-state index contributed by atoms with van der Waals surface area (Å²) in [5, 5.41) is 8.16. The van der Waals surface area contributed by atoms with Crippen molar-refractivity contribution in [3.05, 3.63) is 0 Å². The molecule has 0 heterocycles. The minimum atomic E-state index is -0.512. The molecule has 3 heteroatoms. The molecule has 1 atom stereocenters. The third-order valence-corrected chi connectivity index (χ3v) is 0.625. The Bertz CT molecular complexity index is 62.7. The number of aliphatic hydroxyl groups is 1. The van der Waals surface area contributed by atoms with E-state index in [2.05, 4.69) is 4.74 Å². The van der Waals surface area contributed by atoms with Crippen molar-refractivity contribution in [1.82, 2.24) is 0 Å². The van der Waals surface area contributed by atoms with E-state index in [1.165, 1.54) is 0 Å². The maximum absolute atomic E-state index is 9.68. The zero-order valence-electron chi connectivity index (χ0n) is 4.76. The van der Waals surface area contributed by atoms with Crippen molar-refractivity contribution in [2.75, 3.05) is 13.2 Å². The van der Waals surface area contributed by atoms with E-state index in [0.29, 0.717) is 0 Å². The van der Waals surface area contributed by atoms with Crippen LogP contribution in [-0.2, 0) is 9.53 Å². The van der Waals surface area contributed by atoms with Crippen LogP contribution in [-0.4, -0.2) is 30.7 Å². The molecule has 0 aliphatic carbocycles. The van der Waals surface area contributed by atoms with Gasteiger partial charge in [0.2, 0.25) is 6.29 Å². The minimum absolute atomic E-state index is 0.0496. The van der Waals surface area contributed by atoms with Crippen molar-refractivity contribution in [2.45, 2.75) is 13.0 Å². The van der Waals surface area contributed by atoms with E-state index in [4.69, 9.17) is 5.11 Å². The van der Waals surface area contributed by atoms with Gasteiger partial charge in [0.15, 0.2) is 0 Å². The Morgan fingerprint density at radius 2 is 2.50 bits per heavy atom. The molecule has 0 amide bonds. The van der Waals surface area contributed by atoms with E-state index < -0.39 is 6.10 Å². The fourth-order valence-electron chi connectivity index (χ4n) is 0.264. The van der Waals surface area contributed by atoms with E-state index >= 15 is 0 Å². The molecule has 0 aromatic heterocycles. The van der Waals surface area contributed by atoms with Gasteiger partial charge in [-0.3, -0.25) is 4.79 Å². The van der Waals surface area contributed by atoms with Gasteiger partial charge in [-0.1, -0.05) is 0 Å². The van der Waals surface area contributed by atoms with Crippen LogP contribution < -0.4 is 0 Å². The van der Waals surface area contributed by atoms with Crippen LogP contribution in [0.4, 0.5) is 0 Å². The topological polar surface area (TPSA) is 46.5 Å². The third kappa shape index (κ3) is 3.77. The average Bonchev–Trinajstić information content (AvgIpc) is 1.83. The van der Waals surface area contributed by atoms with Gasteiger partial charge < -0.3 is 9.84 Å². The second-order valence-corrected chi connectivity index (χ2v) is 1.35. The molecule has 1 radical (unpaired) electrons. The van der Waals surface area contributed by atoms with Gasteiger partial charge in [-0.05, 0) is 6.92 Å². The molecule has 1 N–H and O–H groups in total. The molecule has 1 unspecified atom stereocenters. The number of hydrogen-bond donors (Lipinski definition) is 1. The number of rotatable bonds is 4. The van der Waals surface area contributed by atoms with E-state index in [9.17, 15) is 4.79 Å². The standard InChI is InChI=1S/C5H9O3/c1-5(4-7)8-3-2-6/h5-6H,2-3H2,1H3. The Morgan fingerprint density at radius 1 is 1.88 bits per heavy atom. The zero-order valence-corrected chi connectivity index (χ0v) is 4.76. The first kappa shape index (κ1) is 7.59. The Labute approximate surface area is 48.3 Å². The van der Waals surface area contributed by atoms with Gasteiger partial charge in [-0.15, -0.1) is 0 Å². The van der Waals surface area contributed by atoms with Crippen molar-refractivity contribution in [2.24, 2.45) is 0 Å². The number of ether oxygens (including phenoxy) is 1. The normalized spacial score (nSPS) is 13.2. The predicted molar refractivity (Wildman–Crippen MR) is 28.2 cm³/mol. The van der Waals surface area contributed by atoms with Crippen LogP contribution in [0, 0.1) is 0 Å². The molecule has 0 rings (SSSR count). The summed E-state index contributed by atoms with van der Waals surface area (Å²) in [6.07, 6.45) is 1.10. The van der Waals surface area contributed by atoms with Crippen LogP contribution in [0.1, 0.15) is 6.92 Å². The lowest BCUT2D eigenvalue weighted by Gasteiger charge is -2.00. The molecule has 0 saturated heterocycles. The first-order valence-corrected chi connectivity index (χ1v) is 2.41. The van der Waals surface area contributed by atoms with Crippen LogP contribution in [0.25, 0.3) is 0 Å². The van der Waals surface area contributed by atoms with Crippen molar-refractivity contribution in [3.63, 3.8) is 0 Å². The van der Waals surface area contributed by atoms with E-state index in [0.717, 1.165) is 0 Å². The highest BCUT2D eigenvalue weighted by Crippen LogP contribution is 1.82. The molecule has 8 heavy (non-hydrogen) atoms. The molecule has 0 bridgehead atoms. The molecule has 0 spiro atoms. The Hall–Kier alpha value is -0.410. The smallest absolute Gasteiger partial charge is 0.229 e. The minimum Gasteiger partial charge on any atom is -0.394 e. The van der Waals surface area contributed by atoms with E-state index in [1.54, 1.807) is 13.2 Å². The average molecular weight is 117 g/mol. The molecule has 0 saturated carbocycles. The fraction of sp³-hybridized carbons (Fsp3) is 0.800. The summed E-state index contributed by atoms with van der Waals surface area (Å²) in [6.45, 7) is 1.73. The van der Waals surface area contributed by atoms with Crippen molar-refractivity contribution in [1.29, 1.82) is 0 Å². The molecule has 0 aromatic rings. The molecule has 0 aliphatic rings. The molecular weight excluding hydrogens is 108 g/mol. The summed E-state index contributed by atoms with van der Waals surface area (Å²) < 4.78 is 4.67. The zero-order chi connectivity index (χ0) is 6.41. The molecule has 3 nitrogen and oxygen atoms in total. The third-order valence-electron chi connectivity index (χ3n) is 0.625. The second kappa shape index (κ2) is 4.74. The van der Waals surface area contributed by atoms with Gasteiger partial charge in [0.05, 0.1) is 13.2 Å². The highest BCUT2D eigenvalue weighted by atomic mass is 16.5. The van der Waals surface area contributed by atoms with E-state index in [1.807, 2.05) is 0 Å². The highest BCUT2D eigenvalue weighted by molar-refractivity contribution is 5.56. The van der Waals surface area contributed by atoms with Crippen LogP contribution in [0.15, 0.2) is 0 Å². The van der Waals surface area contributed by atoms with Gasteiger partial charge in [0, 0.05) is 0 Å². The lowest BCUT2D eigenvalue weighted by molar-refractivity contribution is 0.0721. The van der Waals surface area contributed by atoms with E-state index in [-0.39, 0.29) is 13.2 Å². The largest absolute Gasteiger partial charge is 0.394 e. The first-order valence-electron chi connectivity index (χ1n) is 2.41. The summed E-state index contributed by atoms with van der Waals surface area (Å²) in [7, 11) is 0. The lowest BCUT2D eigenvalue weighted by atomic mass is 10.5. The Morgan fingerprint density at radius 3 is 2.88 bits per heavy atom. The Kier molecular flexibility index (Phi) is 4.50. The lowest BCUT2D eigenvalue weighted by Crippen LogP contribution is -2.11. The van der Waals surface area contributed by atoms with Gasteiger partial charge >= 0.3 is 0 Å². The fourth-order valence-corrected chi connectivity index (χ4v) is 0.264. The quantitative estimate of drug-likeness (QED) is 0.539. The molecule has 0 fully saturated rings. The van der Waals surface area contributed by atoms with Gasteiger partial charge in [0.1, 0.15) is 6.10 Å². The summed E-state index contributed by atoms with van der Waals surface area (Å²) in [4.78, 5) is 9.68. The first-order chi connectivity index (χ1) is 3.81.